The number of fused-ring (bicyclic) bond motifs is 14. The molecule has 4 aromatic carbocycles. The van der Waals surface area contributed by atoms with Crippen LogP contribution in [0.2, 0.25) is 0 Å². The van der Waals surface area contributed by atoms with Gasteiger partial charge in [0.05, 0.1) is 0 Å². The van der Waals surface area contributed by atoms with E-state index in [2.05, 4.69) is 79.8 Å². The van der Waals surface area contributed by atoms with Gasteiger partial charge in [-0.25, -0.2) is 0 Å². The first kappa shape index (κ1) is 33.8. The van der Waals surface area contributed by atoms with Crippen molar-refractivity contribution in [2.75, 3.05) is 13.2 Å². The van der Waals surface area contributed by atoms with E-state index in [1.807, 2.05) is 24.3 Å². The van der Waals surface area contributed by atoms with E-state index < -0.39 is 14.4 Å². The summed E-state index contributed by atoms with van der Waals surface area (Å²) < 4.78 is 20.4. The van der Waals surface area contributed by atoms with Crippen LogP contribution < -0.4 is 11.0 Å². The van der Waals surface area contributed by atoms with Crippen molar-refractivity contribution in [3.63, 3.8) is 0 Å². The van der Waals surface area contributed by atoms with Gasteiger partial charge in [0.2, 0.25) is 0 Å². The van der Waals surface area contributed by atoms with E-state index in [1.165, 1.54) is 38.5 Å². The van der Waals surface area contributed by atoms with Crippen LogP contribution in [-0.4, -0.2) is 58.0 Å². The van der Waals surface area contributed by atoms with Gasteiger partial charge < -0.3 is 0 Å². The van der Waals surface area contributed by atoms with Crippen LogP contribution in [0.4, 0.5) is 11.6 Å². The normalized spacial score (nSPS) is 19.5. The van der Waals surface area contributed by atoms with E-state index in [9.17, 15) is 0 Å². The summed E-state index contributed by atoms with van der Waals surface area (Å²) in [6.07, 6.45) is 12.0. The Morgan fingerprint density at radius 3 is 1.21 bits per heavy atom. The summed E-state index contributed by atoms with van der Waals surface area (Å²) >= 11 is -4.90. The molecule has 2 aliphatic carbocycles. The van der Waals surface area contributed by atoms with Gasteiger partial charge in [0.15, 0.2) is 0 Å². The number of aromatic nitrogens is 2. The number of amidine groups is 4. The van der Waals surface area contributed by atoms with Crippen LogP contribution in [-0.2, 0) is 7.53 Å². The molecule has 2 saturated carbocycles. The SMILES string of the molecule is c1ccc2c(c1)C1=NC2=Nc2c3ccccc3c3[n]2[Ge]([O]CC2CCCCC2)([O]CC2CCCCC2)[n]2c(c4ccccc4c2=NC2=NC(=N3)c3ccccc32)=N1. The molecule has 6 aliphatic rings. The van der Waals surface area contributed by atoms with Gasteiger partial charge in [-0.1, -0.05) is 0 Å². The quantitative estimate of drug-likeness (QED) is 0.158. The molecule has 4 aliphatic heterocycles. The Balaban J connectivity index is 1.29. The van der Waals surface area contributed by atoms with Crippen molar-refractivity contribution in [3.05, 3.63) is 130 Å². The summed E-state index contributed by atoms with van der Waals surface area (Å²) in [5, 5.41) is 3.86. The Morgan fingerprint density at radius 2 is 0.789 bits per heavy atom. The Bertz CT molecular complexity index is 2720. The van der Waals surface area contributed by atoms with Crippen molar-refractivity contribution in [1.29, 1.82) is 0 Å². The van der Waals surface area contributed by atoms with Crippen LogP contribution in [0.5, 0.6) is 0 Å². The van der Waals surface area contributed by atoms with Crippen molar-refractivity contribution in [2.24, 2.45) is 41.8 Å². The molecule has 11 heteroatoms. The first-order valence-electron chi connectivity index (χ1n) is 20.8. The molecule has 2 fully saturated rings. The average molecular weight is 812 g/mol. The molecule has 6 aromatic rings. The van der Waals surface area contributed by atoms with E-state index in [4.69, 9.17) is 37.5 Å². The molecule has 0 atom stereocenters. The first-order chi connectivity index (χ1) is 28.2. The minimum absolute atomic E-state index is 0.415. The second-order valence-electron chi connectivity index (χ2n) is 16.3. The molecular formula is C46H42GeN8O2. The van der Waals surface area contributed by atoms with Crippen molar-refractivity contribution in [1.82, 2.24) is 7.05 Å². The predicted molar refractivity (Wildman–Crippen MR) is 226 cm³/mol. The zero-order valence-electron chi connectivity index (χ0n) is 31.8. The fraction of sp³-hybridized carbons (Fsp3) is 0.304. The van der Waals surface area contributed by atoms with Gasteiger partial charge in [0.25, 0.3) is 0 Å². The summed E-state index contributed by atoms with van der Waals surface area (Å²) in [6, 6.07) is 33.5. The molecule has 0 radical (unpaired) electrons. The van der Waals surface area contributed by atoms with E-state index in [1.54, 1.807) is 0 Å². The Morgan fingerprint density at radius 1 is 0.421 bits per heavy atom. The van der Waals surface area contributed by atoms with Crippen molar-refractivity contribution in [3.8, 4) is 0 Å². The predicted octanol–water partition coefficient (Wildman–Crippen LogP) is 8.57. The Labute approximate surface area is 333 Å². The molecule has 0 N–H and O–H groups in total. The second-order valence-corrected chi connectivity index (χ2v) is 21.7. The maximum atomic E-state index is 7.89. The van der Waals surface area contributed by atoms with Crippen molar-refractivity contribution < 1.29 is 7.53 Å². The Hall–Kier alpha value is -5.30. The third kappa shape index (κ3) is 5.30. The molecule has 6 bridgehead atoms. The van der Waals surface area contributed by atoms with E-state index in [0.717, 1.165) is 92.1 Å². The van der Waals surface area contributed by atoms with Gasteiger partial charge in [-0.05, 0) is 0 Å². The number of benzene rings is 4. The number of nitrogens with zero attached hydrogens (tertiary/aromatic N) is 8. The summed E-state index contributed by atoms with van der Waals surface area (Å²) in [4.78, 5) is 32.8. The molecule has 0 amide bonds. The molecule has 0 spiro atoms. The van der Waals surface area contributed by atoms with Crippen molar-refractivity contribution >= 4 is 70.9 Å². The van der Waals surface area contributed by atoms with Gasteiger partial charge in [-0.2, -0.15) is 0 Å². The van der Waals surface area contributed by atoms with Gasteiger partial charge in [0.1, 0.15) is 0 Å². The maximum absolute atomic E-state index is 7.89. The van der Waals surface area contributed by atoms with Gasteiger partial charge in [-0.3, -0.25) is 0 Å². The number of aliphatic imine (C=N–C) groups is 4. The number of hydrogen-bond donors (Lipinski definition) is 0. The van der Waals surface area contributed by atoms with Gasteiger partial charge in [-0.15, -0.1) is 0 Å². The molecule has 6 heterocycles. The average Bonchev–Trinajstić information content (AvgIpc) is 3.98. The standard InChI is InChI=1S/C46H42GeN8O2/c1-3-15-29(16-4-1)27-56-47(57-28-30-17-5-2-6-18-30)54-43-35-23-11-12-24-36(35)45(54)52-41-33-21-9-10-22-34(33)42(49-41)53-46-38-26-14-13-25-37(38)44(55(46)47)51-40-32-20-8-7-19-31(32)39(48-40)50-43/h7-14,19-26,29-30H,1-6,15-18,27-28H2. The monoisotopic (exact) mass is 812 g/mol. The molecular weight excluding hydrogens is 769 g/mol. The first-order valence-corrected chi connectivity index (χ1v) is 24.4. The molecule has 0 saturated heterocycles. The molecule has 282 valence electrons. The van der Waals surface area contributed by atoms with Gasteiger partial charge in [0, 0.05) is 0 Å². The van der Waals surface area contributed by atoms with Crippen LogP contribution in [0.1, 0.15) is 86.5 Å². The fourth-order valence-electron chi connectivity index (χ4n) is 9.89. The molecule has 10 nitrogen and oxygen atoms in total. The Kier molecular flexibility index (Phi) is 7.94. The molecule has 57 heavy (non-hydrogen) atoms. The van der Waals surface area contributed by atoms with Crippen LogP contribution in [0.15, 0.2) is 127 Å². The van der Waals surface area contributed by atoms with Crippen LogP contribution in [0.25, 0.3) is 21.5 Å². The molecule has 12 rings (SSSR count). The topological polar surface area (TPSA) is 102 Å². The summed E-state index contributed by atoms with van der Waals surface area (Å²) in [5.74, 6) is 4.79. The fourth-order valence-corrected chi connectivity index (χ4v) is 17.1. The van der Waals surface area contributed by atoms with E-state index in [-0.39, 0.29) is 0 Å². The second kappa shape index (κ2) is 13.4. The van der Waals surface area contributed by atoms with Crippen LogP contribution in [0, 0.1) is 11.8 Å². The zero-order valence-corrected chi connectivity index (χ0v) is 33.9. The third-order valence-corrected chi connectivity index (χ3v) is 19.2. The minimum atomic E-state index is -4.90. The molecule has 0 unspecified atom stereocenters. The third-order valence-electron chi connectivity index (χ3n) is 12.8. The van der Waals surface area contributed by atoms with Gasteiger partial charge >= 0.3 is 335 Å². The van der Waals surface area contributed by atoms with Crippen LogP contribution in [0.3, 0.4) is 0 Å². The number of hydrogen-bond acceptors (Lipinski definition) is 8. The van der Waals surface area contributed by atoms with Crippen LogP contribution >= 0.6 is 0 Å². The number of rotatable bonds is 6. The summed E-state index contributed by atoms with van der Waals surface area (Å²) in [7, 11) is 0. The van der Waals surface area contributed by atoms with E-state index >= 15 is 0 Å². The van der Waals surface area contributed by atoms with E-state index in [0.29, 0.717) is 48.4 Å². The summed E-state index contributed by atoms with van der Waals surface area (Å²) in [6.45, 7) is 1.14. The summed E-state index contributed by atoms with van der Waals surface area (Å²) in [5.41, 5.74) is 5.26. The zero-order chi connectivity index (χ0) is 37.5. The molecule has 2 aromatic heterocycles. The van der Waals surface area contributed by atoms with Crippen molar-refractivity contribution in [2.45, 2.75) is 64.2 Å².